The molecule has 0 saturated carbocycles. The molecule has 1 rings (SSSR count). The number of piperazine rings is 1. The van der Waals surface area contributed by atoms with E-state index in [2.05, 4.69) is 37.2 Å². The molecule has 2 unspecified atom stereocenters. The minimum absolute atomic E-state index is 0.665. The average molecular weight is 244 g/mol. The fraction of sp³-hybridized carbons (Fsp3) is 1.00. The molecular formula is C13H28N2S. The van der Waals surface area contributed by atoms with Gasteiger partial charge in [0.25, 0.3) is 0 Å². The summed E-state index contributed by atoms with van der Waals surface area (Å²) in [6, 6.07) is 1.43. The van der Waals surface area contributed by atoms with E-state index in [9.17, 15) is 0 Å². The van der Waals surface area contributed by atoms with Crippen LogP contribution < -0.4 is 5.32 Å². The van der Waals surface area contributed by atoms with Gasteiger partial charge in [-0.2, -0.15) is 11.8 Å². The number of nitrogens with one attached hydrogen (secondary N) is 1. The maximum Gasteiger partial charge on any atom is 0.0223 e. The Morgan fingerprint density at radius 2 is 2.19 bits per heavy atom. The SMILES string of the molecule is CSCCCN1CC(C)NCC1CC(C)C. The second-order valence-corrected chi connectivity index (χ2v) is 6.42. The fourth-order valence-electron chi connectivity index (χ4n) is 2.49. The van der Waals surface area contributed by atoms with Gasteiger partial charge in [-0.05, 0) is 44.2 Å². The van der Waals surface area contributed by atoms with E-state index >= 15 is 0 Å². The standard InChI is InChI=1S/C13H28N2S/c1-11(2)8-13-9-14-12(3)10-15(13)6-5-7-16-4/h11-14H,5-10H2,1-4H3. The highest BCUT2D eigenvalue weighted by Gasteiger charge is 2.25. The van der Waals surface area contributed by atoms with Crippen LogP contribution in [0.4, 0.5) is 0 Å². The number of rotatable bonds is 6. The second kappa shape index (κ2) is 7.57. The lowest BCUT2D eigenvalue weighted by Gasteiger charge is -2.40. The molecule has 2 nitrogen and oxygen atoms in total. The van der Waals surface area contributed by atoms with Crippen molar-refractivity contribution in [3.05, 3.63) is 0 Å². The molecular weight excluding hydrogens is 216 g/mol. The molecule has 96 valence electrons. The number of hydrogen-bond donors (Lipinski definition) is 1. The van der Waals surface area contributed by atoms with E-state index in [4.69, 9.17) is 0 Å². The monoisotopic (exact) mass is 244 g/mol. The molecule has 0 aromatic heterocycles. The van der Waals surface area contributed by atoms with Crippen molar-refractivity contribution < 1.29 is 0 Å². The van der Waals surface area contributed by atoms with Gasteiger partial charge in [0.1, 0.15) is 0 Å². The minimum Gasteiger partial charge on any atom is -0.311 e. The smallest absolute Gasteiger partial charge is 0.0223 e. The van der Waals surface area contributed by atoms with Gasteiger partial charge in [-0.1, -0.05) is 13.8 Å². The Balaban J connectivity index is 2.38. The normalized spacial score (nSPS) is 27.6. The van der Waals surface area contributed by atoms with Crippen molar-refractivity contribution in [2.75, 3.05) is 31.6 Å². The zero-order chi connectivity index (χ0) is 12.0. The van der Waals surface area contributed by atoms with Crippen molar-refractivity contribution in [2.45, 2.75) is 45.7 Å². The van der Waals surface area contributed by atoms with Crippen LogP contribution in [0.2, 0.25) is 0 Å². The number of nitrogens with zero attached hydrogens (tertiary/aromatic N) is 1. The van der Waals surface area contributed by atoms with Crippen molar-refractivity contribution in [3.63, 3.8) is 0 Å². The Labute approximate surface area is 106 Å². The molecule has 1 aliphatic rings. The molecule has 1 aliphatic heterocycles. The molecule has 0 spiro atoms. The molecule has 2 atom stereocenters. The molecule has 1 saturated heterocycles. The van der Waals surface area contributed by atoms with Gasteiger partial charge in [0.15, 0.2) is 0 Å². The molecule has 1 N–H and O–H groups in total. The predicted octanol–water partition coefficient (Wildman–Crippen LogP) is 2.45. The van der Waals surface area contributed by atoms with Gasteiger partial charge in [-0.3, -0.25) is 4.90 Å². The Bertz CT molecular complexity index is 185. The highest BCUT2D eigenvalue weighted by atomic mass is 32.2. The molecule has 0 amide bonds. The first-order valence-electron chi connectivity index (χ1n) is 6.59. The summed E-state index contributed by atoms with van der Waals surface area (Å²) in [6.45, 7) is 10.7. The van der Waals surface area contributed by atoms with Crippen LogP contribution in [-0.4, -0.2) is 48.6 Å². The van der Waals surface area contributed by atoms with E-state index in [0.29, 0.717) is 6.04 Å². The topological polar surface area (TPSA) is 15.3 Å². The third-order valence-corrected chi connectivity index (χ3v) is 3.96. The van der Waals surface area contributed by atoms with Crippen molar-refractivity contribution >= 4 is 11.8 Å². The third kappa shape index (κ3) is 5.07. The summed E-state index contributed by atoms with van der Waals surface area (Å²) in [5.41, 5.74) is 0. The number of thioether (sulfide) groups is 1. The van der Waals surface area contributed by atoms with Crippen LogP contribution in [0, 0.1) is 5.92 Å². The molecule has 1 fully saturated rings. The highest BCUT2D eigenvalue weighted by molar-refractivity contribution is 7.98. The highest BCUT2D eigenvalue weighted by Crippen LogP contribution is 2.16. The second-order valence-electron chi connectivity index (χ2n) is 5.43. The van der Waals surface area contributed by atoms with Gasteiger partial charge < -0.3 is 5.32 Å². The summed E-state index contributed by atoms with van der Waals surface area (Å²) in [5, 5.41) is 3.61. The van der Waals surface area contributed by atoms with Crippen molar-refractivity contribution in [1.29, 1.82) is 0 Å². The van der Waals surface area contributed by atoms with Crippen LogP contribution in [0.25, 0.3) is 0 Å². The summed E-state index contributed by atoms with van der Waals surface area (Å²) in [4.78, 5) is 2.71. The van der Waals surface area contributed by atoms with E-state index in [1.807, 2.05) is 11.8 Å². The summed E-state index contributed by atoms with van der Waals surface area (Å²) in [7, 11) is 0. The third-order valence-electron chi connectivity index (χ3n) is 3.26. The Kier molecular flexibility index (Phi) is 6.78. The maximum atomic E-state index is 3.61. The zero-order valence-corrected chi connectivity index (χ0v) is 12.1. The molecule has 0 radical (unpaired) electrons. The maximum absolute atomic E-state index is 3.61. The summed E-state index contributed by atoms with van der Waals surface area (Å²) in [6.07, 6.45) is 4.87. The quantitative estimate of drug-likeness (QED) is 0.723. The van der Waals surface area contributed by atoms with E-state index in [-0.39, 0.29) is 0 Å². The van der Waals surface area contributed by atoms with Crippen molar-refractivity contribution in [1.82, 2.24) is 10.2 Å². The summed E-state index contributed by atoms with van der Waals surface area (Å²) < 4.78 is 0. The first-order valence-corrected chi connectivity index (χ1v) is 7.99. The van der Waals surface area contributed by atoms with Gasteiger partial charge >= 0.3 is 0 Å². The van der Waals surface area contributed by atoms with Crippen molar-refractivity contribution in [2.24, 2.45) is 5.92 Å². The fourth-order valence-corrected chi connectivity index (χ4v) is 2.91. The van der Waals surface area contributed by atoms with Crippen LogP contribution in [0.1, 0.15) is 33.6 Å². The molecule has 3 heteroatoms. The first kappa shape index (κ1) is 14.3. The molecule has 0 aliphatic carbocycles. The van der Waals surface area contributed by atoms with Crippen LogP contribution in [0.5, 0.6) is 0 Å². The molecule has 0 aromatic carbocycles. The van der Waals surface area contributed by atoms with Crippen LogP contribution in [0.15, 0.2) is 0 Å². The molecule has 0 aromatic rings. The van der Waals surface area contributed by atoms with Gasteiger partial charge in [0, 0.05) is 25.2 Å². The summed E-state index contributed by atoms with van der Waals surface area (Å²) >= 11 is 1.96. The van der Waals surface area contributed by atoms with Crippen LogP contribution >= 0.6 is 11.8 Å². The van der Waals surface area contributed by atoms with E-state index < -0.39 is 0 Å². The van der Waals surface area contributed by atoms with E-state index in [1.54, 1.807) is 0 Å². The molecule has 16 heavy (non-hydrogen) atoms. The van der Waals surface area contributed by atoms with Crippen LogP contribution in [0.3, 0.4) is 0 Å². The van der Waals surface area contributed by atoms with Gasteiger partial charge in [0.2, 0.25) is 0 Å². The lowest BCUT2D eigenvalue weighted by Crippen LogP contribution is -2.56. The molecule has 0 bridgehead atoms. The Hall–Kier alpha value is 0.270. The van der Waals surface area contributed by atoms with Crippen LogP contribution in [-0.2, 0) is 0 Å². The number of hydrogen-bond acceptors (Lipinski definition) is 3. The average Bonchev–Trinajstić information content (AvgIpc) is 2.22. The van der Waals surface area contributed by atoms with Gasteiger partial charge in [0.05, 0.1) is 0 Å². The lowest BCUT2D eigenvalue weighted by molar-refractivity contribution is 0.119. The Morgan fingerprint density at radius 1 is 1.44 bits per heavy atom. The predicted molar refractivity (Wildman–Crippen MR) is 75.3 cm³/mol. The van der Waals surface area contributed by atoms with Gasteiger partial charge in [-0.25, -0.2) is 0 Å². The first-order chi connectivity index (χ1) is 7.63. The Morgan fingerprint density at radius 3 is 2.81 bits per heavy atom. The molecule has 1 heterocycles. The van der Waals surface area contributed by atoms with E-state index in [0.717, 1.165) is 12.0 Å². The van der Waals surface area contributed by atoms with E-state index in [1.165, 1.54) is 38.2 Å². The van der Waals surface area contributed by atoms with Crippen molar-refractivity contribution in [3.8, 4) is 0 Å². The summed E-state index contributed by atoms with van der Waals surface area (Å²) in [5.74, 6) is 2.11. The largest absolute Gasteiger partial charge is 0.311 e. The lowest BCUT2D eigenvalue weighted by atomic mass is 9.99. The minimum atomic E-state index is 0.665. The van der Waals surface area contributed by atoms with Gasteiger partial charge in [-0.15, -0.1) is 0 Å². The zero-order valence-electron chi connectivity index (χ0n) is 11.3.